The normalized spacial score (nSPS) is 11.8. The monoisotopic (exact) mass is 595 g/mol. The summed E-state index contributed by atoms with van der Waals surface area (Å²) in [7, 11) is -3.83. The molecule has 0 saturated carbocycles. The van der Waals surface area contributed by atoms with Gasteiger partial charge in [0, 0.05) is 29.6 Å². The van der Waals surface area contributed by atoms with Gasteiger partial charge in [-0.05, 0) is 38.5 Å². The third kappa shape index (κ3) is 36.6. The summed E-state index contributed by atoms with van der Waals surface area (Å²) in [5.74, 6) is 0. The molecule has 0 aromatic heterocycles. The summed E-state index contributed by atoms with van der Waals surface area (Å²) < 4.78 is 33.8. The van der Waals surface area contributed by atoms with E-state index in [2.05, 4.69) is 26.0 Å². The Kier molecular flexibility index (Phi) is 38.3. The summed E-state index contributed by atoms with van der Waals surface area (Å²) >= 11 is 0. The Morgan fingerprint density at radius 1 is 0.400 bits per heavy atom. The average Bonchev–Trinajstić information content (AvgIpc) is 2.92. The van der Waals surface area contributed by atoms with E-state index >= 15 is 0 Å². The summed E-state index contributed by atoms with van der Waals surface area (Å²) in [6.45, 7) is 5.02. The molecule has 0 aromatic carbocycles. The van der Waals surface area contributed by atoms with Gasteiger partial charge in [-0.2, -0.15) is 8.42 Å². The predicted molar refractivity (Wildman–Crippen MR) is 176 cm³/mol. The number of hydrogen-bond acceptors (Lipinski definition) is 4. The van der Waals surface area contributed by atoms with Crippen molar-refractivity contribution in [1.29, 1.82) is 0 Å². The van der Waals surface area contributed by atoms with Gasteiger partial charge in [0.2, 0.25) is 0 Å². The molecule has 0 atom stereocenters. The van der Waals surface area contributed by atoms with Crippen molar-refractivity contribution in [1.82, 2.24) is 0 Å². The van der Waals surface area contributed by atoms with E-state index in [0.29, 0.717) is 0 Å². The van der Waals surface area contributed by atoms with Crippen molar-refractivity contribution < 1.29 is 16.8 Å². The molecule has 0 unspecified atom stereocenters. The van der Waals surface area contributed by atoms with Crippen molar-refractivity contribution in [2.45, 2.75) is 194 Å². The first kappa shape index (κ1) is 42.7. The largest absolute Gasteiger partial charge is 0.399 e. The smallest absolute Gasteiger partial charge is 0.248 e. The fraction of sp³-hybridized carbons (Fsp3) is 0.941. The molecule has 0 aliphatic carbocycles. The fourth-order valence-electron chi connectivity index (χ4n) is 5.00. The van der Waals surface area contributed by atoms with E-state index in [4.69, 9.17) is 8.37 Å². The van der Waals surface area contributed by atoms with Crippen LogP contribution < -0.4 is 0 Å². The van der Waals surface area contributed by atoms with Gasteiger partial charge >= 0.3 is 10.4 Å². The van der Waals surface area contributed by atoms with E-state index in [9.17, 15) is 8.42 Å². The van der Waals surface area contributed by atoms with E-state index in [0.717, 1.165) is 38.5 Å². The van der Waals surface area contributed by atoms with Gasteiger partial charge < -0.3 is 0 Å². The molecule has 0 amide bonds. The van der Waals surface area contributed by atoms with Gasteiger partial charge in [-0.3, -0.25) is 0 Å². The van der Waals surface area contributed by atoms with Gasteiger partial charge in [-0.1, -0.05) is 167 Å². The third-order valence-electron chi connectivity index (χ3n) is 7.61. The van der Waals surface area contributed by atoms with E-state index in [1.54, 1.807) is 0 Å². The number of unbranched alkanes of at least 4 members (excludes halogenated alkanes) is 25. The molecule has 40 heavy (non-hydrogen) atoms. The molecule has 0 rings (SSSR count). The van der Waals surface area contributed by atoms with Crippen LogP contribution in [0.2, 0.25) is 0 Å². The molecule has 6 heteroatoms. The molecule has 0 spiro atoms. The minimum atomic E-state index is -3.83. The Labute approximate surface area is 274 Å². The van der Waals surface area contributed by atoms with Crippen LogP contribution in [0.25, 0.3) is 0 Å². The van der Waals surface area contributed by atoms with Crippen LogP contribution in [0.15, 0.2) is 12.2 Å². The molecule has 0 fully saturated rings. The number of allylic oxidation sites excluding steroid dienone is 2. The summed E-state index contributed by atoms with van der Waals surface area (Å²) in [5, 5.41) is 0. The second-order valence-corrected chi connectivity index (χ2v) is 12.9. The van der Waals surface area contributed by atoms with Crippen LogP contribution in [0, 0.1) is 0 Å². The van der Waals surface area contributed by atoms with Crippen molar-refractivity contribution in [2.24, 2.45) is 0 Å². The van der Waals surface area contributed by atoms with Gasteiger partial charge in [0.15, 0.2) is 0 Å². The molecule has 235 valence electrons. The first-order chi connectivity index (χ1) is 19.1. The number of rotatable bonds is 33. The van der Waals surface area contributed by atoms with Gasteiger partial charge in [0.25, 0.3) is 0 Å². The second kappa shape index (κ2) is 35.8. The van der Waals surface area contributed by atoms with Gasteiger partial charge in [0.05, 0.1) is 13.2 Å². The molecular formula is C34H68NaO4S. The Morgan fingerprint density at radius 3 is 0.950 bits per heavy atom. The van der Waals surface area contributed by atoms with Crippen LogP contribution in [0.5, 0.6) is 0 Å². The summed E-state index contributed by atoms with van der Waals surface area (Å²) in [6.07, 6.45) is 40.0. The molecule has 0 aromatic rings. The molecule has 0 N–H and O–H groups in total. The minimum absolute atomic E-state index is 0. The van der Waals surface area contributed by atoms with Gasteiger partial charge in [-0.15, -0.1) is 0 Å². The molecule has 0 heterocycles. The first-order valence-electron chi connectivity index (χ1n) is 17.3. The SMILES string of the molecule is CCCCCCCCC=CCCCCCCCCOS(=O)(=O)OCCCCCCCCCCCCCCCC.[Na]. The maximum atomic E-state index is 11.9. The fourth-order valence-corrected chi connectivity index (χ4v) is 5.71. The zero-order chi connectivity index (χ0) is 28.5. The van der Waals surface area contributed by atoms with Crippen LogP contribution in [0.3, 0.4) is 0 Å². The van der Waals surface area contributed by atoms with Gasteiger partial charge in [0.1, 0.15) is 0 Å². The van der Waals surface area contributed by atoms with Crippen molar-refractivity contribution in [3.63, 3.8) is 0 Å². The minimum Gasteiger partial charge on any atom is -0.248 e. The van der Waals surface area contributed by atoms with Crippen molar-refractivity contribution in [2.75, 3.05) is 13.2 Å². The van der Waals surface area contributed by atoms with Gasteiger partial charge in [-0.25, -0.2) is 8.37 Å². The van der Waals surface area contributed by atoms with Crippen LogP contribution in [0.1, 0.15) is 194 Å². The summed E-state index contributed by atoms with van der Waals surface area (Å²) in [4.78, 5) is 0. The summed E-state index contributed by atoms with van der Waals surface area (Å²) in [6, 6.07) is 0. The molecule has 0 bridgehead atoms. The summed E-state index contributed by atoms with van der Waals surface area (Å²) in [5.41, 5.74) is 0. The Morgan fingerprint density at radius 2 is 0.650 bits per heavy atom. The molecule has 0 saturated heterocycles. The van der Waals surface area contributed by atoms with Crippen LogP contribution in [-0.2, 0) is 18.8 Å². The average molecular weight is 596 g/mol. The molecule has 1 radical (unpaired) electrons. The van der Waals surface area contributed by atoms with Crippen LogP contribution in [0.4, 0.5) is 0 Å². The zero-order valence-corrected chi connectivity index (χ0v) is 30.2. The quantitative estimate of drug-likeness (QED) is 0.0430. The van der Waals surface area contributed by atoms with E-state index in [1.165, 1.54) is 141 Å². The zero-order valence-electron chi connectivity index (χ0n) is 27.4. The van der Waals surface area contributed by atoms with E-state index in [1.807, 2.05) is 0 Å². The standard InChI is InChI=1S/C34H68O4S.Na/c1-3-5-7-9-11-13-15-17-19-20-22-24-26-28-30-32-34-38-39(35,36)37-33-31-29-27-25-23-21-18-16-14-12-10-8-6-4-2;/h17,19H,3-16,18,20-34H2,1-2H3;. The van der Waals surface area contributed by atoms with Crippen LogP contribution in [-0.4, -0.2) is 51.2 Å². The van der Waals surface area contributed by atoms with Crippen molar-refractivity contribution in [3.8, 4) is 0 Å². The third-order valence-corrected chi connectivity index (χ3v) is 8.52. The van der Waals surface area contributed by atoms with E-state index in [-0.39, 0.29) is 42.8 Å². The topological polar surface area (TPSA) is 52.6 Å². The van der Waals surface area contributed by atoms with E-state index < -0.39 is 10.4 Å². The molecule has 4 nitrogen and oxygen atoms in total. The number of hydrogen-bond donors (Lipinski definition) is 0. The maximum Gasteiger partial charge on any atom is 0.399 e. The van der Waals surface area contributed by atoms with Crippen molar-refractivity contribution >= 4 is 40.0 Å². The molecule has 0 aliphatic rings. The Hall–Kier alpha value is 0.610. The van der Waals surface area contributed by atoms with Crippen LogP contribution >= 0.6 is 0 Å². The second-order valence-electron chi connectivity index (χ2n) is 11.6. The first-order valence-corrected chi connectivity index (χ1v) is 18.6. The predicted octanol–water partition coefficient (Wildman–Crippen LogP) is 11.4. The van der Waals surface area contributed by atoms with Crippen molar-refractivity contribution in [3.05, 3.63) is 12.2 Å². The Bertz CT molecular complexity index is 595. The molecular weight excluding hydrogens is 527 g/mol. The Balaban J connectivity index is 0. The maximum absolute atomic E-state index is 11.9. The molecule has 0 aliphatic heterocycles.